The van der Waals surface area contributed by atoms with Crippen molar-refractivity contribution in [2.45, 2.75) is 13.1 Å². The van der Waals surface area contributed by atoms with E-state index in [4.69, 9.17) is 14.6 Å². The van der Waals surface area contributed by atoms with Crippen molar-refractivity contribution in [2.75, 3.05) is 18.1 Å². The molecule has 1 aliphatic heterocycles. The zero-order valence-corrected chi connectivity index (χ0v) is 15.1. The fraction of sp³-hybridized carbons (Fsp3) is 0.222. The van der Waals surface area contributed by atoms with Crippen molar-refractivity contribution in [3.63, 3.8) is 0 Å². The number of carboxylic acids is 1. The van der Waals surface area contributed by atoms with Gasteiger partial charge in [-0.15, -0.1) is 0 Å². The lowest BCUT2D eigenvalue weighted by Gasteiger charge is -2.29. The van der Waals surface area contributed by atoms with Crippen LogP contribution in [-0.2, 0) is 4.79 Å². The van der Waals surface area contributed by atoms with Gasteiger partial charge in [0.2, 0.25) is 5.78 Å². The molecule has 1 aliphatic rings. The second-order valence-corrected chi connectivity index (χ2v) is 5.91. The molecule has 0 fully saturated rings. The number of carbonyl (C=O) groups excluding carboxylic acids is 1. The van der Waals surface area contributed by atoms with Gasteiger partial charge in [-0.2, -0.15) is 13.2 Å². The second-order valence-electron chi connectivity index (χ2n) is 5.91. The van der Waals surface area contributed by atoms with Crippen molar-refractivity contribution in [3.05, 3.63) is 54.1 Å². The molecule has 1 amide bonds. The molecular weight excluding hydrogens is 393 g/mol. The number of aryl methyl sites for hydroxylation is 1. The minimum atomic E-state index is -5.08. The zero-order valence-electron chi connectivity index (χ0n) is 15.1. The van der Waals surface area contributed by atoms with Crippen LogP contribution in [0.15, 0.2) is 42.7 Å². The van der Waals surface area contributed by atoms with Gasteiger partial charge < -0.3 is 14.7 Å². The smallest absolute Gasteiger partial charge is 0.490 e. The predicted molar refractivity (Wildman–Crippen MR) is 95.0 cm³/mol. The maximum atomic E-state index is 13.0. The van der Waals surface area contributed by atoms with E-state index >= 15 is 0 Å². The number of hydrogen-bond acceptors (Lipinski definition) is 5. The van der Waals surface area contributed by atoms with E-state index < -0.39 is 12.1 Å². The third kappa shape index (κ3) is 4.13. The molecule has 2 aromatic heterocycles. The van der Waals surface area contributed by atoms with Crippen LogP contribution in [-0.4, -0.2) is 50.7 Å². The van der Waals surface area contributed by atoms with Crippen molar-refractivity contribution in [1.29, 1.82) is 0 Å². The number of carbonyl (C=O) groups is 2. The summed E-state index contributed by atoms with van der Waals surface area (Å²) >= 11 is 0. The average Bonchev–Trinajstić information content (AvgIpc) is 3.02. The number of nitrogens with zero attached hydrogens (tertiary/aromatic N) is 4. The Morgan fingerprint density at radius 3 is 2.59 bits per heavy atom. The number of anilines is 1. The molecule has 0 atom stereocenters. The number of carboxylic acid groups (broad SMARTS) is 1. The van der Waals surface area contributed by atoms with Crippen LogP contribution < -0.4 is 9.64 Å². The number of ether oxygens (including phenoxy) is 1. The van der Waals surface area contributed by atoms with E-state index in [-0.39, 0.29) is 5.91 Å². The van der Waals surface area contributed by atoms with Crippen molar-refractivity contribution < 1.29 is 32.6 Å². The van der Waals surface area contributed by atoms with Gasteiger partial charge in [-0.3, -0.25) is 9.20 Å². The van der Waals surface area contributed by atoms with E-state index in [1.165, 1.54) is 0 Å². The first-order valence-electron chi connectivity index (χ1n) is 8.33. The molecule has 0 saturated carbocycles. The number of aromatic nitrogens is 3. The zero-order chi connectivity index (χ0) is 21.2. The lowest BCUT2D eigenvalue weighted by molar-refractivity contribution is -0.192. The third-order valence-electron chi connectivity index (χ3n) is 4.00. The Labute approximate surface area is 162 Å². The second kappa shape index (κ2) is 7.78. The number of para-hydroxylation sites is 2. The van der Waals surface area contributed by atoms with Crippen molar-refractivity contribution in [2.24, 2.45) is 0 Å². The summed E-state index contributed by atoms with van der Waals surface area (Å²) in [7, 11) is 0. The van der Waals surface area contributed by atoms with E-state index in [0.29, 0.717) is 30.3 Å². The molecule has 0 bridgehead atoms. The Kier molecular flexibility index (Phi) is 5.39. The third-order valence-corrected chi connectivity index (χ3v) is 4.00. The summed E-state index contributed by atoms with van der Waals surface area (Å²) in [5.74, 6) is -1.59. The quantitative estimate of drug-likeness (QED) is 0.665. The van der Waals surface area contributed by atoms with Crippen LogP contribution in [0.25, 0.3) is 5.78 Å². The van der Waals surface area contributed by atoms with Gasteiger partial charge in [0.05, 0.1) is 17.9 Å². The van der Waals surface area contributed by atoms with Gasteiger partial charge in [0.25, 0.3) is 5.91 Å². The highest BCUT2D eigenvalue weighted by molar-refractivity contribution is 6.07. The molecule has 0 saturated heterocycles. The molecule has 4 rings (SSSR count). The van der Waals surface area contributed by atoms with Gasteiger partial charge in [0, 0.05) is 12.4 Å². The van der Waals surface area contributed by atoms with E-state index in [9.17, 15) is 18.0 Å². The summed E-state index contributed by atoms with van der Waals surface area (Å²) < 4.78 is 39.1. The first-order chi connectivity index (χ1) is 13.7. The number of aliphatic carboxylic acids is 1. The lowest BCUT2D eigenvalue weighted by Crippen LogP contribution is -2.38. The highest BCUT2D eigenvalue weighted by Gasteiger charge is 2.38. The molecule has 1 aromatic carbocycles. The molecule has 0 spiro atoms. The summed E-state index contributed by atoms with van der Waals surface area (Å²) in [5.41, 5.74) is 2.00. The first kappa shape index (κ1) is 20.1. The van der Waals surface area contributed by atoms with Crippen LogP contribution in [0.5, 0.6) is 5.75 Å². The van der Waals surface area contributed by atoms with E-state index in [2.05, 4.69) is 9.97 Å². The van der Waals surface area contributed by atoms with E-state index in [1.54, 1.807) is 21.6 Å². The topological polar surface area (TPSA) is 97.0 Å². The average molecular weight is 408 g/mol. The van der Waals surface area contributed by atoms with Gasteiger partial charge in [-0.1, -0.05) is 12.1 Å². The maximum absolute atomic E-state index is 13.0. The van der Waals surface area contributed by atoms with Gasteiger partial charge >= 0.3 is 12.1 Å². The standard InChI is InChI=1S/C16H14N4O2.C2HF3O2/c1-11-14(20-8-4-7-17-16(20)18-11)15(21)19-9-10-22-13-6-3-2-5-12(13)19;3-2(4,5)1(6)7/h2-8H,9-10H2,1H3;(H,6,7). The summed E-state index contributed by atoms with van der Waals surface area (Å²) in [4.78, 5) is 32.2. The van der Waals surface area contributed by atoms with Crippen LogP contribution >= 0.6 is 0 Å². The molecule has 3 aromatic rings. The van der Waals surface area contributed by atoms with Crippen molar-refractivity contribution >= 4 is 23.3 Å². The number of rotatable bonds is 1. The largest absolute Gasteiger partial charge is 0.490 e. The molecule has 0 aliphatic carbocycles. The van der Waals surface area contributed by atoms with Crippen molar-refractivity contribution in [3.8, 4) is 5.75 Å². The Hall–Kier alpha value is -3.63. The fourth-order valence-electron chi connectivity index (χ4n) is 2.76. The number of amides is 1. The molecular formula is C18H15F3N4O4. The van der Waals surface area contributed by atoms with Crippen molar-refractivity contribution in [1.82, 2.24) is 14.4 Å². The van der Waals surface area contributed by atoms with Gasteiger partial charge in [-0.05, 0) is 25.1 Å². The summed E-state index contributed by atoms with van der Waals surface area (Å²) in [6.45, 7) is 2.83. The number of benzene rings is 1. The molecule has 8 nitrogen and oxygen atoms in total. The predicted octanol–water partition coefficient (Wildman–Crippen LogP) is 2.71. The van der Waals surface area contributed by atoms with Crippen LogP contribution in [0.2, 0.25) is 0 Å². The summed E-state index contributed by atoms with van der Waals surface area (Å²) in [6, 6.07) is 9.35. The first-order valence-corrected chi connectivity index (χ1v) is 8.33. The van der Waals surface area contributed by atoms with Gasteiger partial charge in [0.1, 0.15) is 18.1 Å². The number of hydrogen-bond donors (Lipinski definition) is 1. The SMILES string of the molecule is Cc1nc2ncccn2c1C(=O)N1CCOc2ccccc21.O=C(O)C(F)(F)F. The van der Waals surface area contributed by atoms with Crippen LogP contribution in [0.4, 0.5) is 18.9 Å². The van der Waals surface area contributed by atoms with Crippen LogP contribution in [0.3, 0.4) is 0 Å². The number of alkyl halides is 3. The van der Waals surface area contributed by atoms with Crippen LogP contribution in [0, 0.1) is 6.92 Å². The fourth-order valence-corrected chi connectivity index (χ4v) is 2.76. The Bertz CT molecular complexity index is 1060. The molecule has 29 heavy (non-hydrogen) atoms. The summed E-state index contributed by atoms with van der Waals surface area (Å²) in [6.07, 6.45) is -1.61. The number of halogens is 3. The van der Waals surface area contributed by atoms with Gasteiger partial charge in [-0.25, -0.2) is 14.8 Å². The van der Waals surface area contributed by atoms with Crippen LogP contribution in [0.1, 0.15) is 16.2 Å². The molecule has 11 heteroatoms. The molecule has 0 unspecified atom stereocenters. The molecule has 152 valence electrons. The maximum Gasteiger partial charge on any atom is 0.490 e. The number of imidazole rings is 1. The van der Waals surface area contributed by atoms with E-state index in [0.717, 1.165) is 11.4 Å². The molecule has 3 heterocycles. The van der Waals surface area contributed by atoms with E-state index in [1.807, 2.05) is 37.4 Å². The monoisotopic (exact) mass is 408 g/mol. The van der Waals surface area contributed by atoms with Gasteiger partial charge in [0.15, 0.2) is 0 Å². The Balaban J connectivity index is 0.000000298. The highest BCUT2D eigenvalue weighted by Crippen LogP contribution is 2.32. The Morgan fingerprint density at radius 1 is 1.21 bits per heavy atom. The normalized spacial score (nSPS) is 13.2. The Morgan fingerprint density at radius 2 is 1.90 bits per heavy atom. The lowest BCUT2D eigenvalue weighted by atomic mass is 10.2. The molecule has 1 N–H and O–H groups in total. The summed E-state index contributed by atoms with van der Waals surface area (Å²) in [5, 5.41) is 7.12. The minimum absolute atomic E-state index is 0.0891. The minimum Gasteiger partial charge on any atom is -0.490 e. The highest BCUT2D eigenvalue weighted by atomic mass is 19.4. The molecule has 0 radical (unpaired) electrons. The number of fused-ring (bicyclic) bond motifs is 2.